The van der Waals surface area contributed by atoms with Gasteiger partial charge >= 0.3 is 5.97 Å². The Morgan fingerprint density at radius 1 is 1.48 bits per heavy atom. The number of rotatable bonds is 9. The van der Waals surface area contributed by atoms with Crippen molar-refractivity contribution in [3.8, 4) is 11.5 Å². The molecule has 2 aromatic rings. The Labute approximate surface area is 148 Å². The standard InChI is InChI=1S/C16H17ClN2O6/c1-10(16-18-4-6-24-16)25-13-8-14(23-2)12(7-11(13)17)19(9-20)5-3-15(21)22/h4,6-10H,3,5H2,1-2H3,(H,21,22)/t10-/m0/s1. The maximum atomic E-state index is 11.3. The van der Waals surface area contributed by atoms with Gasteiger partial charge in [-0.25, -0.2) is 4.98 Å². The van der Waals surface area contributed by atoms with Crippen molar-refractivity contribution in [3.05, 3.63) is 35.5 Å². The summed E-state index contributed by atoms with van der Waals surface area (Å²) in [6.45, 7) is 1.73. The Balaban J connectivity index is 2.27. The maximum Gasteiger partial charge on any atom is 0.305 e. The fraction of sp³-hybridized carbons (Fsp3) is 0.312. The number of amides is 1. The van der Waals surface area contributed by atoms with Crippen LogP contribution in [0.4, 0.5) is 5.69 Å². The van der Waals surface area contributed by atoms with Gasteiger partial charge in [0.15, 0.2) is 6.10 Å². The van der Waals surface area contributed by atoms with E-state index in [4.69, 9.17) is 30.6 Å². The van der Waals surface area contributed by atoms with Crippen molar-refractivity contribution >= 4 is 29.7 Å². The lowest BCUT2D eigenvalue weighted by atomic mass is 10.2. The first-order valence-electron chi connectivity index (χ1n) is 7.33. The second-order valence-corrected chi connectivity index (χ2v) is 5.43. The van der Waals surface area contributed by atoms with Gasteiger partial charge in [-0.2, -0.15) is 0 Å². The highest BCUT2D eigenvalue weighted by atomic mass is 35.5. The lowest BCUT2D eigenvalue weighted by Gasteiger charge is -2.21. The Hall–Kier alpha value is -2.74. The number of aliphatic carboxylic acids is 1. The molecule has 1 atom stereocenters. The molecule has 134 valence electrons. The van der Waals surface area contributed by atoms with E-state index in [-0.39, 0.29) is 18.0 Å². The summed E-state index contributed by atoms with van der Waals surface area (Å²) in [4.78, 5) is 27.2. The molecule has 0 unspecified atom stereocenters. The van der Waals surface area contributed by atoms with Gasteiger partial charge in [-0.3, -0.25) is 9.59 Å². The van der Waals surface area contributed by atoms with Gasteiger partial charge in [0.25, 0.3) is 0 Å². The number of methoxy groups -OCH3 is 1. The summed E-state index contributed by atoms with van der Waals surface area (Å²) in [6, 6.07) is 3.00. The molecule has 1 amide bonds. The fourth-order valence-electron chi connectivity index (χ4n) is 2.12. The van der Waals surface area contributed by atoms with Gasteiger partial charge in [-0.05, 0) is 13.0 Å². The number of halogens is 1. The van der Waals surface area contributed by atoms with Crippen molar-refractivity contribution in [1.82, 2.24) is 4.98 Å². The predicted molar refractivity (Wildman–Crippen MR) is 89.2 cm³/mol. The molecule has 2 rings (SSSR count). The molecule has 0 fully saturated rings. The number of benzene rings is 1. The van der Waals surface area contributed by atoms with Gasteiger partial charge in [-0.1, -0.05) is 11.6 Å². The zero-order valence-electron chi connectivity index (χ0n) is 13.6. The van der Waals surface area contributed by atoms with Gasteiger partial charge in [0, 0.05) is 12.6 Å². The number of carbonyl (C=O) groups is 2. The van der Waals surface area contributed by atoms with Crippen molar-refractivity contribution in [3.63, 3.8) is 0 Å². The van der Waals surface area contributed by atoms with Crippen molar-refractivity contribution in [2.45, 2.75) is 19.4 Å². The van der Waals surface area contributed by atoms with Crippen molar-refractivity contribution in [2.24, 2.45) is 0 Å². The van der Waals surface area contributed by atoms with E-state index >= 15 is 0 Å². The van der Waals surface area contributed by atoms with E-state index in [0.717, 1.165) is 0 Å². The molecule has 0 radical (unpaired) electrons. The average molecular weight is 369 g/mol. The largest absolute Gasteiger partial charge is 0.494 e. The number of carboxylic acid groups (broad SMARTS) is 1. The van der Waals surface area contributed by atoms with Crippen LogP contribution in [0.2, 0.25) is 5.02 Å². The first kappa shape index (κ1) is 18.6. The number of carboxylic acids is 1. The lowest BCUT2D eigenvalue weighted by Crippen LogP contribution is -2.24. The number of anilines is 1. The minimum atomic E-state index is -1.02. The van der Waals surface area contributed by atoms with E-state index in [0.29, 0.717) is 29.5 Å². The van der Waals surface area contributed by atoms with Crippen LogP contribution < -0.4 is 14.4 Å². The molecule has 0 saturated heterocycles. The first-order valence-corrected chi connectivity index (χ1v) is 7.71. The average Bonchev–Trinajstić information content (AvgIpc) is 3.12. The normalized spacial score (nSPS) is 11.6. The summed E-state index contributed by atoms with van der Waals surface area (Å²) in [5.74, 6) is 0.000249. The predicted octanol–water partition coefficient (Wildman–Crippen LogP) is 2.91. The molecule has 1 N–H and O–H groups in total. The monoisotopic (exact) mass is 368 g/mol. The van der Waals surface area contributed by atoms with Crippen LogP contribution in [0.25, 0.3) is 0 Å². The minimum absolute atomic E-state index is 0.0154. The second-order valence-electron chi connectivity index (χ2n) is 5.03. The fourth-order valence-corrected chi connectivity index (χ4v) is 2.33. The number of nitrogens with zero attached hydrogens (tertiary/aromatic N) is 2. The molecule has 0 saturated carbocycles. The van der Waals surface area contributed by atoms with E-state index in [2.05, 4.69) is 4.98 Å². The number of carbonyl (C=O) groups excluding carboxylic acids is 1. The summed E-state index contributed by atoms with van der Waals surface area (Å²) in [6.07, 6.45) is 2.76. The molecule has 0 bridgehead atoms. The smallest absolute Gasteiger partial charge is 0.305 e. The molecule has 9 heteroatoms. The number of ether oxygens (including phenoxy) is 2. The maximum absolute atomic E-state index is 11.3. The van der Waals surface area contributed by atoms with Crippen LogP contribution in [0.15, 0.2) is 29.0 Å². The highest BCUT2D eigenvalue weighted by Gasteiger charge is 2.19. The third kappa shape index (κ3) is 4.63. The van der Waals surface area contributed by atoms with E-state index in [1.54, 1.807) is 6.92 Å². The number of hydrogen-bond donors (Lipinski definition) is 1. The highest BCUT2D eigenvalue weighted by molar-refractivity contribution is 6.32. The molecule has 0 aliphatic carbocycles. The van der Waals surface area contributed by atoms with Gasteiger partial charge < -0.3 is 23.9 Å². The van der Waals surface area contributed by atoms with Gasteiger partial charge in [-0.15, -0.1) is 0 Å². The topological polar surface area (TPSA) is 102 Å². The van der Waals surface area contributed by atoms with Gasteiger partial charge in [0.05, 0.1) is 30.4 Å². The third-order valence-electron chi connectivity index (χ3n) is 3.34. The van der Waals surface area contributed by atoms with Crippen LogP contribution in [-0.4, -0.2) is 36.1 Å². The summed E-state index contributed by atoms with van der Waals surface area (Å²) < 4.78 is 16.2. The molecule has 1 aromatic heterocycles. The molecule has 0 aliphatic rings. The summed E-state index contributed by atoms with van der Waals surface area (Å²) in [5, 5.41) is 9.02. The zero-order valence-corrected chi connectivity index (χ0v) is 14.4. The Kier molecular flexibility index (Phi) is 6.24. The minimum Gasteiger partial charge on any atom is -0.494 e. The van der Waals surface area contributed by atoms with E-state index in [9.17, 15) is 9.59 Å². The molecule has 1 heterocycles. The van der Waals surface area contributed by atoms with Gasteiger partial charge in [0.1, 0.15) is 17.8 Å². The Bertz CT molecular complexity index is 734. The van der Waals surface area contributed by atoms with Crippen LogP contribution in [0.3, 0.4) is 0 Å². The van der Waals surface area contributed by atoms with E-state index in [1.165, 1.54) is 36.6 Å². The summed E-state index contributed by atoms with van der Waals surface area (Å²) in [5.41, 5.74) is 0.347. The summed E-state index contributed by atoms with van der Waals surface area (Å²) in [7, 11) is 1.42. The Morgan fingerprint density at radius 3 is 2.80 bits per heavy atom. The van der Waals surface area contributed by atoms with Crippen LogP contribution in [0.1, 0.15) is 25.3 Å². The van der Waals surface area contributed by atoms with Gasteiger partial charge in [0.2, 0.25) is 12.3 Å². The number of aromatic nitrogens is 1. The summed E-state index contributed by atoms with van der Waals surface area (Å²) >= 11 is 6.24. The lowest BCUT2D eigenvalue weighted by molar-refractivity contribution is -0.136. The second kappa shape index (κ2) is 8.39. The molecule has 1 aromatic carbocycles. The number of oxazole rings is 1. The first-order chi connectivity index (χ1) is 12.0. The molecule has 25 heavy (non-hydrogen) atoms. The molecule has 0 aliphatic heterocycles. The van der Waals surface area contributed by atoms with E-state index < -0.39 is 12.1 Å². The quantitative estimate of drug-likeness (QED) is 0.679. The molecular formula is C16H17ClN2O6. The van der Waals surface area contributed by atoms with Crippen molar-refractivity contribution in [2.75, 3.05) is 18.6 Å². The van der Waals surface area contributed by atoms with Crippen molar-refractivity contribution < 1.29 is 28.6 Å². The molecular weight excluding hydrogens is 352 g/mol. The molecule has 0 spiro atoms. The van der Waals surface area contributed by atoms with Crippen LogP contribution in [0.5, 0.6) is 11.5 Å². The third-order valence-corrected chi connectivity index (χ3v) is 3.63. The Morgan fingerprint density at radius 2 is 2.24 bits per heavy atom. The molecule has 8 nitrogen and oxygen atoms in total. The SMILES string of the molecule is COc1cc(O[C@@H](C)c2ncco2)c(Cl)cc1N(C=O)CCC(=O)O. The van der Waals surface area contributed by atoms with E-state index in [1.807, 2.05) is 0 Å². The van der Waals surface area contributed by atoms with Crippen LogP contribution in [-0.2, 0) is 9.59 Å². The van der Waals surface area contributed by atoms with Crippen LogP contribution >= 0.6 is 11.6 Å². The zero-order chi connectivity index (χ0) is 18.4. The van der Waals surface area contributed by atoms with Crippen LogP contribution in [0, 0.1) is 0 Å². The number of hydrogen-bond acceptors (Lipinski definition) is 6. The van der Waals surface area contributed by atoms with Crippen molar-refractivity contribution in [1.29, 1.82) is 0 Å². The highest BCUT2D eigenvalue weighted by Crippen LogP contribution is 2.39.